The first-order valence-electron chi connectivity index (χ1n) is 5.34. The molecule has 0 aromatic carbocycles. The third kappa shape index (κ3) is 3.90. The Hall–Kier alpha value is -1.85. The number of nitrogens with one attached hydrogen (secondary N) is 1. The minimum absolute atomic E-state index is 0.0260. The maximum atomic E-state index is 11.6. The Morgan fingerprint density at radius 1 is 1.41 bits per heavy atom. The minimum Gasteiger partial charge on any atom is -0.481 e. The molecule has 0 aliphatic rings. The molecule has 0 spiro atoms. The smallest absolute Gasteiger partial charge is 0.303 e. The van der Waals surface area contributed by atoms with Crippen LogP contribution in [0.4, 0.5) is 5.88 Å². The Kier molecular flexibility index (Phi) is 4.25. The van der Waals surface area contributed by atoms with Gasteiger partial charge in [0.1, 0.15) is 0 Å². The lowest BCUT2D eigenvalue weighted by Gasteiger charge is -2.07. The first-order chi connectivity index (χ1) is 7.90. The number of anilines is 1. The van der Waals surface area contributed by atoms with Crippen LogP contribution in [0, 0.1) is 19.8 Å². The fourth-order valence-electron chi connectivity index (χ4n) is 1.40. The Balaban J connectivity index is 2.50. The Bertz CT molecular complexity index is 425. The molecule has 1 unspecified atom stereocenters. The molecule has 1 atom stereocenters. The largest absolute Gasteiger partial charge is 0.481 e. The van der Waals surface area contributed by atoms with E-state index in [2.05, 4.69) is 10.5 Å². The molecule has 0 saturated heterocycles. The van der Waals surface area contributed by atoms with Gasteiger partial charge in [-0.15, -0.1) is 0 Å². The number of hydrogen-bond donors (Lipinski definition) is 2. The molecule has 0 bridgehead atoms. The van der Waals surface area contributed by atoms with Crippen LogP contribution in [-0.4, -0.2) is 22.1 Å². The number of carbonyl (C=O) groups excluding carboxylic acids is 1. The van der Waals surface area contributed by atoms with Gasteiger partial charge < -0.3 is 9.63 Å². The zero-order valence-electron chi connectivity index (χ0n) is 10.1. The van der Waals surface area contributed by atoms with Crippen LogP contribution in [0.25, 0.3) is 0 Å². The van der Waals surface area contributed by atoms with Crippen LogP contribution < -0.4 is 5.32 Å². The van der Waals surface area contributed by atoms with E-state index in [4.69, 9.17) is 9.63 Å². The van der Waals surface area contributed by atoms with Crippen molar-refractivity contribution in [3.05, 3.63) is 11.3 Å². The van der Waals surface area contributed by atoms with E-state index in [-0.39, 0.29) is 24.7 Å². The Morgan fingerprint density at radius 2 is 2.06 bits per heavy atom. The van der Waals surface area contributed by atoms with Crippen molar-refractivity contribution in [1.29, 1.82) is 0 Å². The predicted molar refractivity (Wildman–Crippen MR) is 60.6 cm³/mol. The van der Waals surface area contributed by atoms with Gasteiger partial charge in [-0.2, -0.15) is 0 Å². The highest BCUT2D eigenvalue weighted by Gasteiger charge is 2.15. The zero-order chi connectivity index (χ0) is 13.0. The third-order valence-electron chi connectivity index (χ3n) is 2.47. The van der Waals surface area contributed by atoms with Gasteiger partial charge in [-0.1, -0.05) is 12.1 Å². The molecule has 1 rings (SSSR count). The van der Waals surface area contributed by atoms with Gasteiger partial charge in [0, 0.05) is 18.4 Å². The molecule has 1 heterocycles. The SMILES string of the molecule is Cc1noc(NC(=O)CC(C)CC(=O)O)c1C. The summed E-state index contributed by atoms with van der Waals surface area (Å²) in [6.07, 6.45) is 0.118. The highest BCUT2D eigenvalue weighted by molar-refractivity contribution is 5.90. The number of nitrogens with zero attached hydrogens (tertiary/aromatic N) is 1. The molecular formula is C11H16N2O4. The molecule has 0 saturated carbocycles. The van der Waals surface area contributed by atoms with Gasteiger partial charge in [0.25, 0.3) is 0 Å². The molecule has 1 aromatic heterocycles. The molecule has 6 nitrogen and oxygen atoms in total. The van der Waals surface area contributed by atoms with Crippen molar-refractivity contribution in [3.8, 4) is 0 Å². The first-order valence-corrected chi connectivity index (χ1v) is 5.34. The fourth-order valence-corrected chi connectivity index (χ4v) is 1.40. The number of aromatic nitrogens is 1. The van der Waals surface area contributed by atoms with Gasteiger partial charge in [0.2, 0.25) is 11.8 Å². The van der Waals surface area contributed by atoms with Crippen LogP contribution in [0.2, 0.25) is 0 Å². The van der Waals surface area contributed by atoms with Crippen molar-refractivity contribution in [2.45, 2.75) is 33.6 Å². The van der Waals surface area contributed by atoms with Gasteiger partial charge in [-0.3, -0.25) is 14.9 Å². The van der Waals surface area contributed by atoms with Crippen LogP contribution in [0.1, 0.15) is 31.0 Å². The lowest BCUT2D eigenvalue weighted by Crippen LogP contribution is -2.17. The number of rotatable bonds is 5. The summed E-state index contributed by atoms with van der Waals surface area (Å²) in [5, 5.41) is 14.9. The third-order valence-corrected chi connectivity index (χ3v) is 2.47. The zero-order valence-corrected chi connectivity index (χ0v) is 10.1. The summed E-state index contributed by atoms with van der Waals surface area (Å²) < 4.78 is 4.93. The number of hydrogen-bond acceptors (Lipinski definition) is 4. The second-order valence-corrected chi connectivity index (χ2v) is 4.18. The summed E-state index contributed by atoms with van der Waals surface area (Å²) in [6, 6.07) is 0. The summed E-state index contributed by atoms with van der Waals surface area (Å²) in [5.41, 5.74) is 1.50. The van der Waals surface area contributed by atoms with Crippen LogP contribution in [0.15, 0.2) is 4.52 Å². The minimum atomic E-state index is -0.906. The van der Waals surface area contributed by atoms with Crippen molar-refractivity contribution in [1.82, 2.24) is 5.16 Å². The van der Waals surface area contributed by atoms with Crippen LogP contribution >= 0.6 is 0 Å². The molecule has 0 aliphatic heterocycles. The number of carboxylic acids is 1. The van der Waals surface area contributed by atoms with Gasteiger partial charge in [-0.05, 0) is 19.8 Å². The number of carboxylic acid groups (broad SMARTS) is 1. The standard InChI is InChI=1S/C11H16N2O4/c1-6(5-10(15)16)4-9(14)12-11-7(2)8(3)13-17-11/h6H,4-5H2,1-3H3,(H,12,14)(H,15,16). The number of aliphatic carboxylic acids is 1. The highest BCUT2D eigenvalue weighted by Crippen LogP contribution is 2.18. The average molecular weight is 240 g/mol. The lowest BCUT2D eigenvalue weighted by atomic mass is 10.0. The molecular weight excluding hydrogens is 224 g/mol. The van der Waals surface area contributed by atoms with E-state index < -0.39 is 5.97 Å². The van der Waals surface area contributed by atoms with Crippen LogP contribution in [-0.2, 0) is 9.59 Å². The number of amides is 1. The molecule has 0 fully saturated rings. The second-order valence-electron chi connectivity index (χ2n) is 4.18. The molecule has 94 valence electrons. The highest BCUT2D eigenvalue weighted by atomic mass is 16.5. The Labute approximate surface area is 99.0 Å². The van der Waals surface area contributed by atoms with Crippen molar-refractivity contribution >= 4 is 17.8 Å². The number of aryl methyl sites for hydroxylation is 1. The summed E-state index contributed by atoms with van der Waals surface area (Å²) in [5.74, 6) is -1.05. The lowest BCUT2D eigenvalue weighted by molar-refractivity contribution is -0.138. The van der Waals surface area contributed by atoms with Crippen LogP contribution in [0.3, 0.4) is 0 Å². The van der Waals surface area contributed by atoms with Crippen LogP contribution in [0.5, 0.6) is 0 Å². The van der Waals surface area contributed by atoms with Gasteiger partial charge >= 0.3 is 5.97 Å². The quantitative estimate of drug-likeness (QED) is 0.817. The van der Waals surface area contributed by atoms with E-state index in [9.17, 15) is 9.59 Å². The Morgan fingerprint density at radius 3 is 2.53 bits per heavy atom. The van der Waals surface area contributed by atoms with Crippen molar-refractivity contribution in [3.63, 3.8) is 0 Å². The summed E-state index contributed by atoms with van der Waals surface area (Å²) in [6.45, 7) is 5.29. The fraction of sp³-hybridized carbons (Fsp3) is 0.545. The van der Waals surface area contributed by atoms with E-state index in [1.165, 1.54) is 0 Å². The molecule has 1 amide bonds. The molecule has 1 aromatic rings. The summed E-state index contributed by atoms with van der Waals surface area (Å²) in [4.78, 5) is 22.0. The molecule has 2 N–H and O–H groups in total. The van der Waals surface area contributed by atoms with Gasteiger partial charge in [0.15, 0.2) is 0 Å². The maximum Gasteiger partial charge on any atom is 0.303 e. The number of carbonyl (C=O) groups is 2. The van der Waals surface area contributed by atoms with Crippen molar-refractivity contribution in [2.24, 2.45) is 5.92 Å². The average Bonchev–Trinajstić information content (AvgIpc) is 2.48. The summed E-state index contributed by atoms with van der Waals surface area (Å²) >= 11 is 0. The molecule has 17 heavy (non-hydrogen) atoms. The predicted octanol–water partition coefficient (Wildman–Crippen LogP) is 1.73. The molecule has 6 heteroatoms. The second kappa shape index (κ2) is 5.47. The topological polar surface area (TPSA) is 92.4 Å². The van der Waals surface area contributed by atoms with E-state index >= 15 is 0 Å². The monoisotopic (exact) mass is 240 g/mol. The van der Waals surface area contributed by atoms with E-state index in [1.807, 2.05) is 0 Å². The van der Waals surface area contributed by atoms with E-state index in [0.717, 1.165) is 11.3 Å². The molecule has 0 radical (unpaired) electrons. The molecule has 0 aliphatic carbocycles. The maximum absolute atomic E-state index is 11.6. The van der Waals surface area contributed by atoms with Gasteiger partial charge in [-0.25, -0.2) is 0 Å². The van der Waals surface area contributed by atoms with E-state index in [0.29, 0.717) is 5.88 Å². The van der Waals surface area contributed by atoms with Crippen molar-refractivity contribution in [2.75, 3.05) is 5.32 Å². The van der Waals surface area contributed by atoms with Gasteiger partial charge in [0.05, 0.1) is 5.69 Å². The normalized spacial score (nSPS) is 12.2. The first kappa shape index (κ1) is 13.2. The van der Waals surface area contributed by atoms with E-state index in [1.54, 1.807) is 20.8 Å². The van der Waals surface area contributed by atoms with Crippen molar-refractivity contribution < 1.29 is 19.2 Å². The summed E-state index contributed by atoms with van der Waals surface area (Å²) in [7, 11) is 0.